The maximum Gasteiger partial charge on any atom is 0.317 e. The van der Waals surface area contributed by atoms with E-state index in [0.717, 1.165) is 5.56 Å². The van der Waals surface area contributed by atoms with Crippen molar-refractivity contribution in [3.63, 3.8) is 0 Å². The number of Topliss-reactive ketones (excluding diaryl/α,β-unsaturated/α-hetero) is 1. The van der Waals surface area contributed by atoms with Crippen LogP contribution in [0.4, 0.5) is 0 Å². The molecule has 0 unspecified atom stereocenters. The predicted octanol–water partition coefficient (Wildman–Crippen LogP) is 3.56. The topological polar surface area (TPSA) is 43.4 Å². The second-order valence-electron chi connectivity index (χ2n) is 5.42. The Labute approximate surface area is 117 Å². The Morgan fingerprint density at radius 3 is 2.32 bits per heavy atom. The molecule has 1 aromatic carbocycles. The first-order valence-corrected chi connectivity index (χ1v) is 6.76. The van der Waals surface area contributed by atoms with E-state index in [4.69, 9.17) is 16.3 Å². The standard InChI is InChI=1S/C15H17ClO3/c1-4-11-12(17)15(2,3)13(19-14(11)18)9-5-7-10(16)8-6-9/h5-8,11,13H,4H2,1-3H3/t11-,13+/m0/s1. The van der Waals surface area contributed by atoms with Gasteiger partial charge in [0.2, 0.25) is 0 Å². The molecule has 0 amide bonds. The lowest BCUT2D eigenvalue weighted by molar-refractivity contribution is -0.178. The third kappa shape index (κ3) is 2.39. The number of hydrogen-bond donors (Lipinski definition) is 0. The predicted molar refractivity (Wildman–Crippen MR) is 72.9 cm³/mol. The van der Waals surface area contributed by atoms with Crippen LogP contribution >= 0.6 is 11.6 Å². The SMILES string of the molecule is CC[C@@H]1C(=O)O[C@H](c2ccc(Cl)cc2)C(C)(C)C1=O. The molecule has 4 heteroatoms. The summed E-state index contributed by atoms with van der Waals surface area (Å²) in [5.74, 6) is -1.11. The van der Waals surface area contributed by atoms with Crippen molar-refractivity contribution in [3.05, 3.63) is 34.9 Å². The second-order valence-corrected chi connectivity index (χ2v) is 5.85. The van der Waals surface area contributed by atoms with E-state index in [1.54, 1.807) is 24.3 Å². The first kappa shape index (κ1) is 14.1. The first-order chi connectivity index (χ1) is 8.87. The number of hydrogen-bond acceptors (Lipinski definition) is 3. The van der Waals surface area contributed by atoms with Gasteiger partial charge in [0.05, 0.1) is 5.41 Å². The Hall–Kier alpha value is -1.35. The molecular weight excluding hydrogens is 264 g/mol. The molecule has 3 nitrogen and oxygen atoms in total. The molecule has 0 spiro atoms. The zero-order valence-corrected chi connectivity index (χ0v) is 12.0. The summed E-state index contributed by atoms with van der Waals surface area (Å²) in [6.07, 6.45) is -0.0680. The summed E-state index contributed by atoms with van der Waals surface area (Å²) in [4.78, 5) is 24.3. The van der Waals surface area contributed by atoms with Crippen LogP contribution in [0.3, 0.4) is 0 Å². The average molecular weight is 281 g/mol. The minimum atomic E-state index is -0.720. The van der Waals surface area contributed by atoms with Crippen molar-refractivity contribution in [3.8, 4) is 0 Å². The molecule has 1 aliphatic heterocycles. The highest BCUT2D eigenvalue weighted by atomic mass is 35.5. The molecule has 0 bridgehead atoms. The highest BCUT2D eigenvalue weighted by Gasteiger charge is 2.50. The van der Waals surface area contributed by atoms with Crippen LogP contribution in [0.1, 0.15) is 38.9 Å². The van der Waals surface area contributed by atoms with E-state index in [1.165, 1.54) is 0 Å². The Kier molecular flexibility index (Phi) is 3.68. The summed E-state index contributed by atoms with van der Waals surface area (Å²) in [5, 5.41) is 0.612. The molecule has 0 radical (unpaired) electrons. The first-order valence-electron chi connectivity index (χ1n) is 6.38. The van der Waals surface area contributed by atoms with Crippen molar-refractivity contribution in [1.29, 1.82) is 0 Å². The number of carbonyl (C=O) groups excluding carboxylic acids is 2. The van der Waals surface area contributed by atoms with Gasteiger partial charge >= 0.3 is 5.97 Å². The monoisotopic (exact) mass is 280 g/mol. The van der Waals surface area contributed by atoms with Crippen molar-refractivity contribution in [2.45, 2.75) is 33.3 Å². The fraction of sp³-hybridized carbons (Fsp3) is 0.467. The molecule has 1 aromatic rings. The van der Waals surface area contributed by atoms with Crippen LogP contribution in [0, 0.1) is 11.3 Å². The van der Waals surface area contributed by atoms with Gasteiger partial charge in [-0.1, -0.05) is 30.7 Å². The van der Waals surface area contributed by atoms with Crippen molar-refractivity contribution in [2.75, 3.05) is 0 Å². The van der Waals surface area contributed by atoms with Crippen LogP contribution in [0.15, 0.2) is 24.3 Å². The maximum absolute atomic E-state index is 12.4. The van der Waals surface area contributed by atoms with Gasteiger partial charge in [-0.05, 0) is 38.0 Å². The van der Waals surface area contributed by atoms with E-state index in [2.05, 4.69) is 0 Å². The summed E-state index contributed by atoms with van der Waals surface area (Å²) in [7, 11) is 0. The van der Waals surface area contributed by atoms with Gasteiger partial charge < -0.3 is 4.74 Å². The number of halogens is 1. The molecule has 19 heavy (non-hydrogen) atoms. The van der Waals surface area contributed by atoms with E-state index in [1.807, 2.05) is 20.8 Å². The lowest BCUT2D eigenvalue weighted by Gasteiger charge is -2.39. The number of benzene rings is 1. The molecule has 1 heterocycles. The van der Waals surface area contributed by atoms with E-state index >= 15 is 0 Å². The number of cyclic esters (lactones) is 1. The lowest BCUT2D eigenvalue weighted by Crippen LogP contribution is -2.47. The molecule has 0 aromatic heterocycles. The van der Waals surface area contributed by atoms with Gasteiger partial charge in [-0.3, -0.25) is 9.59 Å². The van der Waals surface area contributed by atoms with Crippen LogP contribution in [-0.2, 0) is 14.3 Å². The zero-order chi connectivity index (χ0) is 14.2. The highest BCUT2D eigenvalue weighted by molar-refractivity contribution is 6.30. The van der Waals surface area contributed by atoms with Crippen molar-refractivity contribution in [2.24, 2.45) is 11.3 Å². The Morgan fingerprint density at radius 1 is 1.21 bits per heavy atom. The molecule has 102 valence electrons. The van der Waals surface area contributed by atoms with Crippen molar-refractivity contribution in [1.82, 2.24) is 0 Å². The summed E-state index contributed by atoms with van der Waals surface area (Å²) in [6, 6.07) is 7.05. The largest absolute Gasteiger partial charge is 0.456 e. The third-order valence-corrected chi connectivity index (χ3v) is 3.96. The molecule has 0 aliphatic carbocycles. The normalized spacial score (nSPS) is 26.1. The number of rotatable bonds is 2. The van der Waals surface area contributed by atoms with Gasteiger partial charge in [0.25, 0.3) is 0 Å². The highest BCUT2D eigenvalue weighted by Crippen LogP contribution is 2.44. The van der Waals surface area contributed by atoms with Gasteiger partial charge in [0.1, 0.15) is 12.0 Å². The van der Waals surface area contributed by atoms with Crippen molar-refractivity contribution < 1.29 is 14.3 Å². The molecule has 0 saturated carbocycles. The van der Waals surface area contributed by atoms with Gasteiger partial charge in [0.15, 0.2) is 5.78 Å². The molecule has 1 saturated heterocycles. The fourth-order valence-electron chi connectivity index (χ4n) is 2.51. The minimum absolute atomic E-state index is 0.0498. The van der Waals surface area contributed by atoms with Crippen LogP contribution in [0.5, 0.6) is 0 Å². The summed E-state index contributed by atoms with van der Waals surface area (Å²) < 4.78 is 5.50. The average Bonchev–Trinajstić information content (AvgIpc) is 2.36. The third-order valence-electron chi connectivity index (χ3n) is 3.71. The summed E-state index contributed by atoms with van der Waals surface area (Å²) in [5.41, 5.74) is 0.0771. The van der Waals surface area contributed by atoms with Gasteiger partial charge in [-0.25, -0.2) is 0 Å². The van der Waals surface area contributed by atoms with Crippen molar-refractivity contribution >= 4 is 23.4 Å². The van der Waals surface area contributed by atoms with E-state index in [-0.39, 0.29) is 5.78 Å². The Bertz CT molecular complexity index is 505. The number of carbonyl (C=O) groups is 2. The van der Waals surface area contributed by atoms with Crippen LogP contribution in [0.2, 0.25) is 5.02 Å². The van der Waals surface area contributed by atoms with Crippen LogP contribution in [-0.4, -0.2) is 11.8 Å². The smallest absolute Gasteiger partial charge is 0.317 e. The zero-order valence-electron chi connectivity index (χ0n) is 11.3. The molecule has 1 aliphatic rings. The van der Waals surface area contributed by atoms with E-state index < -0.39 is 23.4 Å². The molecule has 1 fully saturated rings. The van der Waals surface area contributed by atoms with Gasteiger partial charge in [-0.15, -0.1) is 0 Å². The molecule has 2 rings (SSSR count). The Morgan fingerprint density at radius 2 is 1.79 bits per heavy atom. The van der Waals surface area contributed by atoms with Crippen LogP contribution < -0.4 is 0 Å². The number of ketones is 1. The second kappa shape index (κ2) is 4.97. The molecule has 0 N–H and O–H groups in total. The van der Waals surface area contributed by atoms with Crippen LogP contribution in [0.25, 0.3) is 0 Å². The fourth-order valence-corrected chi connectivity index (χ4v) is 2.63. The van der Waals surface area contributed by atoms with Gasteiger partial charge in [-0.2, -0.15) is 0 Å². The molecular formula is C15H17ClO3. The molecule has 2 atom stereocenters. The van der Waals surface area contributed by atoms with E-state index in [0.29, 0.717) is 11.4 Å². The quantitative estimate of drug-likeness (QED) is 0.614. The lowest BCUT2D eigenvalue weighted by atomic mass is 9.72. The summed E-state index contributed by atoms with van der Waals surface area (Å²) in [6.45, 7) is 5.47. The number of ether oxygens (including phenoxy) is 1. The maximum atomic E-state index is 12.4. The van der Waals surface area contributed by atoms with E-state index in [9.17, 15) is 9.59 Å². The summed E-state index contributed by atoms with van der Waals surface area (Å²) >= 11 is 5.85. The minimum Gasteiger partial charge on any atom is -0.456 e. The van der Waals surface area contributed by atoms with Gasteiger partial charge in [0, 0.05) is 5.02 Å². The number of esters is 1. The Balaban J connectivity index is 2.38.